The van der Waals surface area contributed by atoms with Crippen LogP contribution < -0.4 is 0 Å². The Morgan fingerprint density at radius 1 is 0.909 bits per heavy atom. The van der Waals surface area contributed by atoms with Crippen molar-refractivity contribution in [3.8, 4) is 0 Å². The van der Waals surface area contributed by atoms with Crippen molar-refractivity contribution >= 4 is 27.5 Å². The van der Waals surface area contributed by atoms with E-state index in [1.54, 1.807) is 0 Å². The molecule has 1 heterocycles. The highest BCUT2D eigenvalue weighted by Gasteiger charge is 2.18. The minimum atomic E-state index is 0.987. The van der Waals surface area contributed by atoms with Gasteiger partial charge in [-0.05, 0) is 31.3 Å². The van der Waals surface area contributed by atoms with E-state index in [4.69, 9.17) is 4.99 Å². The van der Waals surface area contributed by atoms with Gasteiger partial charge in [0.15, 0.2) is 0 Å². The molecule has 0 aliphatic carbocycles. The van der Waals surface area contributed by atoms with Gasteiger partial charge < -0.3 is 9.80 Å². The van der Waals surface area contributed by atoms with Crippen molar-refractivity contribution in [1.29, 1.82) is 0 Å². The monoisotopic (exact) mass is 357 g/mol. The standard InChI is InChI=1S/C18H20BrN3/c1-21-11-13-22(14-12-21)18(15-5-3-2-4-6-15)20-17-9-7-16(19)8-10-17/h2-10H,11-14H2,1H3. The Balaban J connectivity index is 1.94. The zero-order chi connectivity index (χ0) is 15.4. The first-order valence-corrected chi connectivity index (χ1v) is 8.35. The van der Waals surface area contributed by atoms with Crippen molar-refractivity contribution in [2.24, 2.45) is 4.99 Å². The number of aliphatic imine (C=N–C) groups is 1. The molecule has 1 saturated heterocycles. The normalized spacial score (nSPS) is 16.8. The van der Waals surface area contributed by atoms with Gasteiger partial charge in [0.2, 0.25) is 0 Å². The predicted octanol–water partition coefficient (Wildman–Crippen LogP) is 3.77. The largest absolute Gasteiger partial charge is 0.354 e. The van der Waals surface area contributed by atoms with Crippen LogP contribution in [0, 0.1) is 0 Å². The van der Waals surface area contributed by atoms with Gasteiger partial charge >= 0.3 is 0 Å². The summed E-state index contributed by atoms with van der Waals surface area (Å²) in [7, 11) is 2.17. The van der Waals surface area contributed by atoms with Gasteiger partial charge in [0.25, 0.3) is 0 Å². The molecule has 4 heteroatoms. The number of piperazine rings is 1. The summed E-state index contributed by atoms with van der Waals surface area (Å²) < 4.78 is 1.08. The first-order chi connectivity index (χ1) is 10.7. The second-order valence-corrected chi connectivity index (χ2v) is 6.48. The maximum atomic E-state index is 4.92. The van der Waals surface area contributed by atoms with Gasteiger partial charge in [0, 0.05) is 36.2 Å². The number of likely N-dealkylation sites (N-methyl/N-ethyl adjacent to an activating group) is 1. The van der Waals surface area contributed by atoms with Crippen molar-refractivity contribution in [2.45, 2.75) is 0 Å². The van der Waals surface area contributed by atoms with E-state index in [-0.39, 0.29) is 0 Å². The molecular weight excluding hydrogens is 338 g/mol. The fourth-order valence-electron chi connectivity index (χ4n) is 2.56. The number of halogens is 1. The highest BCUT2D eigenvalue weighted by Crippen LogP contribution is 2.20. The summed E-state index contributed by atoms with van der Waals surface area (Å²) >= 11 is 3.48. The number of rotatable bonds is 2. The summed E-state index contributed by atoms with van der Waals surface area (Å²) in [6, 6.07) is 18.6. The van der Waals surface area contributed by atoms with Crippen LogP contribution in [-0.4, -0.2) is 48.9 Å². The molecule has 0 unspecified atom stereocenters. The molecule has 22 heavy (non-hydrogen) atoms. The summed E-state index contributed by atoms with van der Waals surface area (Å²) in [6.45, 7) is 4.18. The first-order valence-electron chi connectivity index (χ1n) is 7.55. The molecule has 1 aliphatic rings. The molecule has 0 radical (unpaired) electrons. The lowest BCUT2D eigenvalue weighted by Gasteiger charge is -2.34. The Labute approximate surface area is 140 Å². The van der Waals surface area contributed by atoms with Crippen LogP contribution in [0.1, 0.15) is 5.56 Å². The zero-order valence-electron chi connectivity index (χ0n) is 12.7. The number of amidine groups is 1. The summed E-state index contributed by atoms with van der Waals surface area (Å²) in [4.78, 5) is 9.67. The van der Waals surface area contributed by atoms with E-state index in [2.05, 4.69) is 57.0 Å². The molecule has 3 nitrogen and oxygen atoms in total. The van der Waals surface area contributed by atoms with E-state index in [0.717, 1.165) is 42.2 Å². The lowest BCUT2D eigenvalue weighted by atomic mass is 10.1. The van der Waals surface area contributed by atoms with Crippen LogP contribution in [0.4, 0.5) is 5.69 Å². The Hall–Kier alpha value is -1.65. The molecule has 1 aliphatic heterocycles. The predicted molar refractivity (Wildman–Crippen MR) is 95.9 cm³/mol. The van der Waals surface area contributed by atoms with E-state index in [1.165, 1.54) is 5.56 Å². The molecule has 0 atom stereocenters. The average molecular weight is 358 g/mol. The van der Waals surface area contributed by atoms with Crippen molar-refractivity contribution in [1.82, 2.24) is 9.80 Å². The molecule has 0 spiro atoms. The van der Waals surface area contributed by atoms with E-state index in [9.17, 15) is 0 Å². The molecule has 114 valence electrons. The van der Waals surface area contributed by atoms with Crippen LogP contribution in [0.3, 0.4) is 0 Å². The third-order valence-corrected chi connectivity index (χ3v) is 4.43. The van der Waals surface area contributed by atoms with Crippen molar-refractivity contribution in [3.63, 3.8) is 0 Å². The highest BCUT2D eigenvalue weighted by molar-refractivity contribution is 9.10. The molecular formula is C18H20BrN3. The number of hydrogen-bond donors (Lipinski definition) is 0. The van der Waals surface area contributed by atoms with Gasteiger partial charge in [0.1, 0.15) is 5.84 Å². The fraction of sp³-hybridized carbons (Fsp3) is 0.278. The van der Waals surface area contributed by atoms with Gasteiger partial charge in [-0.15, -0.1) is 0 Å². The third kappa shape index (κ3) is 3.76. The Morgan fingerprint density at radius 2 is 1.55 bits per heavy atom. The quantitative estimate of drug-likeness (QED) is 0.601. The van der Waals surface area contributed by atoms with Gasteiger partial charge in [-0.25, -0.2) is 4.99 Å². The fourth-order valence-corrected chi connectivity index (χ4v) is 2.83. The maximum Gasteiger partial charge on any atom is 0.136 e. The SMILES string of the molecule is CN1CCN(C(=Nc2ccc(Br)cc2)c2ccccc2)CC1. The summed E-state index contributed by atoms with van der Waals surface area (Å²) in [6.07, 6.45) is 0. The van der Waals surface area contributed by atoms with Gasteiger partial charge in [-0.1, -0.05) is 46.3 Å². The third-order valence-electron chi connectivity index (χ3n) is 3.90. The van der Waals surface area contributed by atoms with Crippen LogP contribution in [0.15, 0.2) is 64.1 Å². The number of hydrogen-bond acceptors (Lipinski definition) is 2. The van der Waals surface area contributed by atoms with Crippen LogP contribution in [-0.2, 0) is 0 Å². The Bertz CT molecular complexity index is 629. The minimum Gasteiger partial charge on any atom is -0.354 e. The average Bonchev–Trinajstić information content (AvgIpc) is 2.56. The van der Waals surface area contributed by atoms with Crippen LogP contribution in [0.2, 0.25) is 0 Å². The number of nitrogens with zero attached hydrogens (tertiary/aromatic N) is 3. The summed E-state index contributed by atoms with van der Waals surface area (Å²) in [5.41, 5.74) is 2.16. The van der Waals surface area contributed by atoms with Crippen molar-refractivity contribution in [2.75, 3.05) is 33.2 Å². The van der Waals surface area contributed by atoms with Crippen molar-refractivity contribution < 1.29 is 0 Å². The lowest BCUT2D eigenvalue weighted by Crippen LogP contribution is -2.47. The van der Waals surface area contributed by atoms with Crippen LogP contribution in [0.25, 0.3) is 0 Å². The first kappa shape index (κ1) is 15.3. The molecule has 3 rings (SSSR count). The molecule has 2 aromatic carbocycles. The number of benzene rings is 2. The molecule has 0 bridgehead atoms. The van der Waals surface area contributed by atoms with Gasteiger partial charge in [-0.2, -0.15) is 0 Å². The van der Waals surface area contributed by atoms with E-state index < -0.39 is 0 Å². The Morgan fingerprint density at radius 3 is 2.18 bits per heavy atom. The van der Waals surface area contributed by atoms with Crippen LogP contribution >= 0.6 is 15.9 Å². The molecule has 0 N–H and O–H groups in total. The molecule has 0 amide bonds. The minimum absolute atomic E-state index is 0.987. The van der Waals surface area contributed by atoms with E-state index >= 15 is 0 Å². The smallest absolute Gasteiger partial charge is 0.136 e. The van der Waals surface area contributed by atoms with Crippen LogP contribution in [0.5, 0.6) is 0 Å². The van der Waals surface area contributed by atoms with E-state index in [0.29, 0.717) is 0 Å². The highest BCUT2D eigenvalue weighted by atomic mass is 79.9. The van der Waals surface area contributed by atoms with E-state index in [1.807, 2.05) is 30.3 Å². The van der Waals surface area contributed by atoms with Gasteiger partial charge in [-0.3, -0.25) is 0 Å². The topological polar surface area (TPSA) is 18.8 Å². The van der Waals surface area contributed by atoms with Crippen molar-refractivity contribution in [3.05, 3.63) is 64.6 Å². The zero-order valence-corrected chi connectivity index (χ0v) is 14.3. The second kappa shape index (κ2) is 7.07. The maximum absolute atomic E-state index is 4.92. The molecule has 0 aromatic heterocycles. The lowest BCUT2D eigenvalue weighted by molar-refractivity contribution is 0.216. The second-order valence-electron chi connectivity index (χ2n) is 5.57. The molecule has 2 aromatic rings. The van der Waals surface area contributed by atoms with Gasteiger partial charge in [0.05, 0.1) is 5.69 Å². The summed E-state index contributed by atoms with van der Waals surface area (Å²) in [5.74, 6) is 1.07. The molecule has 1 fully saturated rings. The summed E-state index contributed by atoms with van der Waals surface area (Å²) in [5, 5.41) is 0. The molecule has 0 saturated carbocycles. The Kier molecular flexibility index (Phi) is 4.90.